The number of carbonyl (C=O) groups is 1. The van der Waals surface area contributed by atoms with E-state index in [4.69, 9.17) is 4.74 Å². The molecule has 2 saturated heterocycles. The molecule has 6 heteroatoms. The number of hydrogen-bond acceptors (Lipinski definition) is 5. The molecule has 2 fully saturated rings. The van der Waals surface area contributed by atoms with Gasteiger partial charge >= 0.3 is 0 Å². The van der Waals surface area contributed by atoms with E-state index in [9.17, 15) is 4.79 Å². The molecule has 1 spiro atoms. The molecule has 0 unspecified atom stereocenters. The summed E-state index contributed by atoms with van der Waals surface area (Å²) in [5, 5.41) is 1.95. The van der Waals surface area contributed by atoms with Crippen LogP contribution >= 0.6 is 23.1 Å². The summed E-state index contributed by atoms with van der Waals surface area (Å²) in [6.45, 7) is 4.26. The lowest BCUT2D eigenvalue weighted by molar-refractivity contribution is 0.0246. The minimum atomic E-state index is 0.171. The second-order valence-corrected chi connectivity index (χ2v) is 8.98. The van der Waals surface area contributed by atoms with Gasteiger partial charge in [-0.25, -0.2) is 0 Å². The number of nitrogens with zero attached hydrogens (tertiary/aromatic N) is 2. The molecule has 0 aromatic carbocycles. The van der Waals surface area contributed by atoms with E-state index >= 15 is 0 Å². The molecular formula is C18H20N2O2S2. The van der Waals surface area contributed by atoms with E-state index in [-0.39, 0.29) is 16.8 Å². The molecule has 24 heavy (non-hydrogen) atoms. The number of thioether (sulfide) groups is 1. The van der Waals surface area contributed by atoms with Gasteiger partial charge in [0.05, 0.1) is 28.0 Å². The van der Waals surface area contributed by atoms with Crippen molar-refractivity contribution in [1.82, 2.24) is 9.88 Å². The maximum Gasteiger partial charge on any atom is 0.264 e. The van der Waals surface area contributed by atoms with Crippen LogP contribution in [-0.4, -0.2) is 45.5 Å². The first kappa shape index (κ1) is 16.1. The summed E-state index contributed by atoms with van der Waals surface area (Å²) in [7, 11) is 0. The molecule has 0 bridgehead atoms. The Morgan fingerprint density at radius 2 is 2.25 bits per heavy atom. The standard InChI is InChI=1S/C18H20N2O2S2/c1-13-4-2-5-14(19-13)9-22-15-8-18(24-10-15)11-20(12-18)17(21)16-6-3-7-23-16/h2-7,15H,8-12H2,1H3/t15-/m0/s1. The summed E-state index contributed by atoms with van der Waals surface area (Å²) in [6.07, 6.45) is 1.29. The van der Waals surface area contributed by atoms with Gasteiger partial charge in [-0.15, -0.1) is 23.1 Å². The molecule has 1 amide bonds. The number of aromatic nitrogens is 1. The highest BCUT2D eigenvalue weighted by atomic mass is 32.2. The summed E-state index contributed by atoms with van der Waals surface area (Å²) in [6, 6.07) is 9.86. The van der Waals surface area contributed by atoms with Gasteiger partial charge in [0.25, 0.3) is 5.91 Å². The molecule has 0 radical (unpaired) electrons. The highest BCUT2D eigenvalue weighted by molar-refractivity contribution is 8.01. The van der Waals surface area contributed by atoms with E-state index < -0.39 is 0 Å². The maximum atomic E-state index is 12.3. The predicted octanol–water partition coefficient (Wildman–Crippen LogP) is 3.37. The summed E-state index contributed by atoms with van der Waals surface area (Å²) in [4.78, 5) is 19.6. The van der Waals surface area contributed by atoms with Crippen LogP contribution in [0.1, 0.15) is 27.5 Å². The normalized spacial score (nSPS) is 21.9. The van der Waals surface area contributed by atoms with Crippen molar-refractivity contribution in [2.24, 2.45) is 0 Å². The zero-order chi connectivity index (χ0) is 16.6. The van der Waals surface area contributed by atoms with Crippen molar-refractivity contribution in [3.8, 4) is 0 Å². The molecule has 2 aromatic rings. The molecule has 0 N–H and O–H groups in total. The second kappa shape index (κ2) is 6.50. The first-order valence-corrected chi connectivity index (χ1v) is 10.0. The lowest BCUT2D eigenvalue weighted by Gasteiger charge is -2.47. The molecule has 0 aliphatic carbocycles. The number of likely N-dealkylation sites (tertiary alicyclic amines) is 1. The highest BCUT2D eigenvalue weighted by Gasteiger charge is 2.51. The average Bonchev–Trinajstić information content (AvgIpc) is 3.21. The van der Waals surface area contributed by atoms with Crippen molar-refractivity contribution in [3.05, 3.63) is 52.0 Å². The van der Waals surface area contributed by atoms with Gasteiger partial charge in [0.15, 0.2) is 0 Å². The number of hydrogen-bond donors (Lipinski definition) is 0. The Balaban J connectivity index is 1.28. The largest absolute Gasteiger partial charge is 0.371 e. The number of amides is 1. The molecule has 1 atom stereocenters. The van der Waals surface area contributed by atoms with Crippen molar-refractivity contribution in [1.29, 1.82) is 0 Å². The van der Waals surface area contributed by atoms with Gasteiger partial charge in [-0.2, -0.15) is 0 Å². The third kappa shape index (κ3) is 3.23. The quantitative estimate of drug-likeness (QED) is 0.838. The molecular weight excluding hydrogens is 340 g/mol. The fourth-order valence-corrected chi connectivity index (χ4v) is 5.60. The Bertz CT molecular complexity index is 726. The first-order chi connectivity index (χ1) is 11.6. The predicted molar refractivity (Wildman–Crippen MR) is 97.6 cm³/mol. The van der Waals surface area contributed by atoms with Gasteiger partial charge in [0.1, 0.15) is 0 Å². The SMILES string of the molecule is Cc1cccc(CO[C@@H]2CSC3(C2)CN(C(=O)c2cccs2)C3)n1. The third-order valence-corrected chi connectivity index (χ3v) is 7.00. The van der Waals surface area contributed by atoms with Crippen LogP contribution in [0.2, 0.25) is 0 Å². The van der Waals surface area contributed by atoms with Gasteiger partial charge in [0.2, 0.25) is 0 Å². The number of aryl methyl sites for hydroxylation is 1. The van der Waals surface area contributed by atoms with Crippen LogP contribution in [0.15, 0.2) is 35.7 Å². The number of ether oxygens (including phenoxy) is 1. The van der Waals surface area contributed by atoms with Crippen molar-refractivity contribution >= 4 is 29.0 Å². The van der Waals surface area contributed by atoms with Crippen LogP contribution in [0.4, 0.5) is 0 Å². The molecule has 4 heterocycles. The van der Waals surface area contributed by atoms with Gasteiger partial charge in [-0.1, -0.05) is 12.1 Å². The molecule has 2 aliphatic rings. The molecule has 0 saturated carbocycles. The number of carbonyl (C=O) groups excluding carboxylic acids is 1. The highest BCUT2D eigenvalue weighted by Crippen LogP contribution is 2.46. The number of thiophene rings is 1. The Labute approximate surface area is 150 Å². The van der Waals surface area contributed by atoms with Crippen molar-refractivity contribution in [2.45, 2.75) is 30.8 Å². The summed E-state index contributed by atoms with van der Waals surface area (Å²) >= 11 is 3.48. The monoisotopic (exact) mass is 360 g/mol. The van der Waals surface area contributed by atoms with Crippen LogP contribution in [0.3, 0.4) is 0 Å². The first-order valence-electron chi connectivity index (χ1n) is 8.14. The van der Waals surface area contributed by atoms with Crippen molar-refractivity contribution < 1.29 is 9.53 Å². The fourth-order valence-electron chi connectivity index (χ4n) is 3.36. The molecule has 2 aliphatic heterocycles. The van der Waals surface area contributed by atoms with Gasteiger partial charge in [0, 0.05) is 24.5 Å². The van der Waals surface area contributed by atoms with Gasteiger partial charge < -0.3 is 9.64 Å². The summed E-state index contributed by atoms with van der Waals surface area (Å²) in [5.41, 5.74) is 2.01. The van der Waals surface area contributed by atoms with Gasteiger partial charge in [-0.05, 0) is 36.9 Å². The topological polar surface area (TPSA) is 42.4 Å². The van der Waals surface area contributed by atoms with Crippen molar-refractivity contribution in [2.75, 3.05) is 18.8 Å². The molecule has 126 valence electrons. The average molecular weight is 361 g/mol. The van der Waals surface area contributed by atoms with Gasteiger partial charge in [-0.3, -0.25) is 9.78 Å². The molecule has 4 nitrogen and oxygen atoms in total. The Morgan fingerprint density at radius 3 is 3.00 bits per heavy atom. The Hall–Kier alpha value is -1.37. The minimum Gasteiger partial charge on any atom is -0.371 e. The van der Waals surface area contributed by atoms with E-state index in [0.29, 0.717) is 6.61 Å². The van der Waals surface area contributed by atoms with Crippen LogP contribution in [0.5, 0.6) is 0 Å². The molecule has 2 aromatic heterocycles. The van der Waals surface area contributed by atoms with E-state index in [2.05, 4.69) is 4.98 Å². The maximum absolute atomic E-state index is 12.3. The van der Waals surface area contributed by atoms with Crippen molar-refractivity contribution in [3.63, 3.8) is 0 Å². The van der Waals surface area contributed by atoms with Crippen LogP contribution in [0, 0.1) is 6.92 Å². The van der Waals surface area contributed by atoms with E-state index in [1.54, 1.807) is 0 Å². The van der Waals surface area contributed by atoms with Crippen LogP contribution in [0.25, 0.3) is 0 Å². The van der Waals surface area contributed by atoms with E-state index in [0.717, 1.165) is 41.5 Å². The van der Waals surface area contributed by atoms with Crippen LogP contribution in [-0.2, 0) is 11.3 Å². The minimum absolute atomic E-state index is 0.171. The lowest BCUT2D eigenvalue weighted by atomic mass is 9.92. The Kier molecular flexibility index (Phi) is 4.37. The molecule has 4 rings (SSSR count). The second-order valence-electron chi connectivity index (χ2n) is 6.54. The zero-order valence-corrected chi connectivity index (χ0v) is 15.2. The zero-order valence-electron chi connectivity index (χ0n) is 13.6. The van der Waals surface area contributed by atoms with E-state index in [1.165, 1.54) is 11.3 Å². The lowest BCUT2D eigenvalue weighted by Crippen LogP contribution is -2.60. The number of rotatable bonds is 4. The van der Waals surface area contributed by atoms with Crippen LogP contribution < -0.4 is 0 Å². The Morgan fingerprint density at radius 1 is 1.38 bits per heavy atom. The summed E-state index contributed by atoms with van der Waals surface area (Å²) in [5.74, 6) is 1.18. The number of pyridine rings is 1. The summed E-state index contributed by atoms with van der Waals surface area (Å²) < 4.78 is 6.26. The fraction of sp³-hybridized carbons (Fsp3) is 0.444. The third-order valence-electron chi connectivity index (χ3n) is 4.57. The van der Waals surface area contributed by atoms with E-state index in [1.807, 2.05) is 59.3 Å². The smallest absolute Gasteiger partial charge is 0.264 e.